The molecule has 0 amide bonds. The lowest BCUT2D eigenvalue weighted by Crippen LogP contribution is -2.09. The molecule has 3 aromatic heterocycles. The Morgan fingerprint density at radius 3 is 2.88 bits per heavy atom. The Bertz CT molecular complexity index is 798. The number of imidazole rings is 1. The Balaban J connectivity index is 1.35. The lowest BCUT2D eigenvalue weighted by Gasteiger charge is -2.20. The van der Waals surface area contributed by atoms with Crippen molar-refractivity contribution < 1.29 is 0 Å². The number of pyridine rings is 1. The summed E-state index contributed by atoms with van der Waals surface area (Å²) in [5, 5.41) is 9.79. The number of aryl methyl sites for hydroxylation is 1. The van der Waals surface area contributed by atoms with Gasteiger partial charge in [0.05, 0.1) is 5.69 Å². The maximum Gasteiger partial charge on any atom is 0.191 e. The fourth-order valence-electron chi connectivity index (χ4n) is 3.69. The molecule has 4 rings (SSSR count). The average molecular weight is 356 g/mol. The molecule has 25 heavy (non-hydrogen) atoms. The number of fused-ring (bicyclic) bond motifs is 1. The van der Waals surface area contributed by atoms with Crippen molar-refractivity contribution in [2.24, 2.45) is 13.0 Å². The number of nitrogens with zero attached hydrogens (tertiary/aromatic N) is 5. The molecule has 0 bridgehead atoms. The van der Waals surface area contributed by atoms with Crippen molar-refractivity contribution in [3.05, 3.63) is 42.1 Å². The van der Waals surface area contributed by atoms with Crippen LogP contribution in [-0.2, 0) is 19.2 Å². The second-order valence-electron chi connectivity index (χ2n) is 6.99. The second-order valence-corrected chi connectivity index (χ2v) is 7.93. The van der Waals surface area contributed by atoms with E-state index in [0.29, 0.717) is 0 Å². The molecule has 0 saturated heterocycles. The summed E-state index contributed by atoms with van der Waals surface area (Å²) in [6, 6.07) is 6.06. The van der Waals surface area contributed by atoms with Crippen molar-refractivity contribution in [1.82, 2.24) is 24.1 Å². The van der Waals surface area contributed by atoms with Crippen LogP contribution >= 0.6 is 11.8 Å². The van der Waals surface area contributed by atoms with Gasteiger partial charge in [0.1, 0.15) is 11.5 Å². The number of thioether (sulfide) groups is 1. The molecule has 6 heteroatoms. The highest BCUT2D eigenvalue weighted by molar-refractivity contribution is 7.98. The number of rotatable bonds is 6. The standard InChI is InChI=1S/C19H25N5S/c1-23-18(11-10-15-7-3-2-4-8-15)21-22-19(23)25-14-16-13-24-12-6-5-9-17(24)20-16/h5-6,9,12-13,15H,2-4,7-8,10-11,14H2,1H3. The van der Waals surface area contributed by atoms with Crippen LogP contribution in [0.15, 0.2) is 35.7 Å². The number of hydrogen-bond donors (Lipinski definition) is 0. The quantitative estimate of drug-likeness (QED) is 0.620. The topological polar surface area (TPSA) is 48.0 Å². The van der Waals surface area contributed by atoms with Gasteiger partial charge in [-0.15, -0.1) is 10.2 Å². The average Bonchev–Trinajstić information content (AvgIpc) is 3.22. The highest BCUT2D eigenvalue weighted by Gasteiger charge is 2.16. The normalized spacial score (nSPS) is 15.9. The van der Waals surface area contributed by atoms with E-state index in [1.165, 1.54) is 38.5 Å². The SMILES string of the molecule is Cn1c(CCC2CCCCC2)nnc1SCc1cn2ccccc2n1. The zero-order valence-electron chi connectivity index (χ0n) is 14.8. The fraction of sp³-hybridized carbons (Fsp3) is 0.526. The smallest absolute Gasteiger partial charge is 0.191 e. The zero-order chi connectivity index (χ0) is 17.1. The van der Waals surface area contributed by atoms with Gasteiger partial charge >= 0.3 is 0 Å². The fourth-order valence-corrected chi connectivity index (χ4v) is 4.51. The van der Waals surface area contributed by atoms with Gasteiger partial charge in [0.15, 0.2) is 5.16 Å². The van der Waals surface area contributed by atoms with E-state index in [2.05, 4.69) is 37.4 Å². The maximum atomic E-state index is 4.65. The zero-order valence-corrected chi connectivity index (χ0v) is 15.6. The van der Waals surface area contributed by atoms with Crippen molar-refractivity contribution in [2.45, 2.75) is 55.9 Å². The largest absolute Gasteiger partial charge is 0.309 e. The van der Waals surface area contributed by atoms with Gasteiger partial charge in [0.25, 0.3) is 0 Å². The van der Waals surface area contributed by atoms with Gasteiger partial charge in [-0.1, -0.05) is 49.9 Å². The Morgan fingerprint density at radius 1 is 1.16 bits per heavy atom. The summed E-state index contributed by atoms with van der Waals surface area (Å²) in [4.78, 5) is 4.65. The molecule has 5 nitrogen and oxygen atoms in total. The molecule has 132 valence electrons. The van der Waals surface area contributed by atoms with Crippen LogP contribution < -0.4 is 0 Å². The number of aromatic nitrogens is 5. The summed E-state index contributed by atoms with van der Waals surface area (Å²) in [6.07, 6.45) is 13.4. The van der Waals surface area contributed by atoms with Crippen LogP contribution in [0.4, 0.5) is 0 Å². The molecule has 0 unspecified atom stereocenters. The van der Waals surface area contributed by atoms with E-state index >= 15 is 0 Å². The van der Waals surface area contributed by atoms with Gasteiger partial charge in [-0.05, 0) is 24.5 Å². The van der Waals surface area contributed by atoms with E-state index in [-0.39, 0.29) is 0 Å². The molecule has 0 spiro atoms. The lowest BCUT2D eigenvalue weighted by atomic mass is 9.86. The molecule has 0 aromatic carbocycles. The molecule has 1 saturated carbocycles. The first-order valence-electron chi connectivity index (χ1n) is 9.23. The van der Waals surface area contributed by atoms with E-state index < -0.39 is 0 Å². The van der Waals surface area contributed by atoms with Crippen LogP contribution in [0.5, 0.6) is 0 Å². The summed E-state index contributed by atoms with van der Waals surface area (Å²) in [5.41, 5.74) is 2.06. The van der Waals surface area contributed by atoms with Crippen LogP contribution in [0.3, 0.4) is 0 Å². The highest BCUT2D eigenvalue weighted by atomic mass is 32.2. The molecule has 0 N–H and O–H groups in total. The van der Waals surface area contributed by atoms with Crippen LogP contribution in [0.1, 0.15) is 50.0 Å². The number of hydrogen-bond acceptors (Lipinski definition) is 4. The monoisotopic (exact) mass is 355 g/mol. The minimum atomic E-state index is 0.816. The van der Waals surface area contributed by atoms with Gasteiger partial charge in [-0.25, -0.2) is 4.98 Å². The van der Waals surface area contributed by atoms with Gasteiger partial charge in [0.2, 0.25) is 0 Å². The Labute approximate surface area is 152 Å². The summed E-state index contributed by atoms with van der Waals surface area (Å²) >= 11 is 1.71. The molecule has 0 atom stereocenters. The molecule has 1 aliphatic rings. The molecule has 3 heterocycles. The second kappa shape index (κ2) is 7.60. The Hall–Kier alpha value is -1.82. The van der Waals surface area contributed by atoms with Gasteiger partial charge < -0.3 is 8.97 Å². The lowest BCUT2D eigenvalue weighted by molar-refractivity contribution is 0.336. The van der Waals surface area contributed by atoms with Crippen molar-refractivity contribution in [3.63, 3.8) is 0 Å². The molecular formula is C19H25N5S. The van der Waals surface area contributed by atoms with Gasteiger partial charge in [0, 0.05) is 31.6 Å². The molecule has 0 radical (unpaired) electrons. The van der Waals surface area contributed by atoms with Crippen molar-refractivity contribution in [1.29, 1.82) is 0 Å². The predicted octanol–water partition coefficient (Wildman–Crippen LogP) is 4.27. The van der Waals surface area contributed by atoms with Gasteiger partial charge in [-0.2, -0.15) is 0 Å². The Kier molecular flexibility index (Phi) is 5.06. The third-order valence-corrected chi connectivity index (χ3v) is 6.24. The highest BCUT2D eigenvalue weighted by Crippen LogP contribution is 2.28. The molecule has 0 aliphatic heterocycles. The van der Waals surface area contributed by atoms with Crippen molar-refractivity contribution in [2.75, 3.05) is 0 Å². The summed E-state index contributed by atoms with van der Waals surface area (Å²) in [6.45, 7) is 0. The van der Waals surface area contributed by atoms with E-state index in [1.807, 2.05) is 24.4 Å². The van der Waals surface area contributed by atoms with E-state index in [4.69, 9.17) is 0 Å². The third kappa shape index (κ3) is 3.89. The van der Waals surface area contributed by atoms with Crippen LogP contribution in [-0.4, -0.2) is 24.1 Å². The maximum absolute atomic E-state index is 4.65. The molecule has 1 aliphatic carbocycles. The first-order chi connectivity index (χ1) is 12.3. The molecule has 1 fully saturated rings. The van der Waals surface area contributed by atoms with E-state index in [1.54, 1.807) is 11.8 Å². The third-order valence-electron chi connectivity index (χ3n) is 5.19. The minimum Gasteiger partial charge on any atom is -0.309 e. The summed E-state index contributed by atoms with van der Waals surface area (Å²) < 4.78 is 4.21. The summed E-state index contributed by atoms with van der Waals surface area (Å²) in [5.74, 6) is 2.82. The van der Waals surface area contributed by atoms with Gasteiger partial charge in [-0.3, -0.25) is 0 Å². The van der Waals surface area contributed by atoms with Crippen LogP contribution in [0, 0.1) is 5.92 Å². The minimum absolute atomic E-state index is 0.816. The predicted molar refractivity (Wildman–Crippen MR) is 101 cm³/mol. The van der Waals surface area contributed by atoms with Crippen LogP contribution in [0.25, 0.3) is 5.65 Å². The summed E-state index contributed by atoms with van der Waals surface area (Å²) in [7, 11) is 2.09. The first-order valence-corrected chi connectivity index (χ1v) is 10.2. The molecule has 3 aromatic rings. The van der Waals surface area contributed by atoms with E-state index in [0.717, 1.165) is 40.4 Å². The Morgan fingerprint density at radius 2 is 2.04 bits per heavy atom. The van der Waals surface area contributed by atoms with Crippen LogP contribution in [0.2, 0.25) is 0 Å². The molecular weight excluding hydrogens is 330 g/mol. The van der Waals surface area contributed by atoms with Crippen molar-refractivity contribution in [3.8, 4) is 0 Å². The van der Waals surface area contributed by atoms with Crippen molar-refractivity contribution >= 4 is 17.4 Å². The van der Waals surface area contributed by atoms with E-state index in [9.17, 15) is 0 Å². The first kappa shape index (κ1) is 16.6.